The summed E-state index contributed by atoms with van der Waals surface area (Å²) in [5, 5.41) is 3.06. The lowest BCUT2D eigenvalue weighted by atomic mass is 9.94. The van der Waals surface area contributed by atoms with Crippen LogP contribution in [-0.4, -0.2) is 20.1 Å². The first kappa shape index (κ1) is 19.8. The normalized spacial score (nSPS) is 15.2. The molecule has 4 nitrogen and oxygen atoms in total. The first-order valence-electron chi connectivity index (χ1n) is 9.75. The van der Waals surface area contributed by atoms with E-state index in [4.69, 9.17) is 9.47 Å². The van der Waals surface area contributed by atoms with Crippen molar-refractivity contribution in [2.75, 3.05) is 14.2 Å². The van der Waals surface area contributed by atoms with Crippen LogP contribution in [0.5, 0.6) is 0 Å². The van der Waals surface area contributed by atoms with Crippen LogP contribution >= 0.6 is 0 Å². The molecule has 150 valence electrons. The number of allylic oxidation sites excluding steroid dienone is 1. The predicted octanol–water partition coefficient (Wildman–Crippen LogP) is 5.06. The van der Waals surface area contributed by atoms with Gasteiger partial charge < -0.3 is 14.8 Å². The van der Waals surface area contributed by atoms with Crippen molar-refractivity contribution >= 4 is 23.1 Å². The third kappa shape index (κ3) is 3.96. The highest BCUT2D eigenvalue weighted by molar-refractivity contribution is 6.34. The average molecular weight is 397 g/mol. The molecule has 0 radical (unpaired) electrons. The summed E-state index contributed by atoms with van der Waals surface area (Å²) >= 11 is 0. The molecule has 3 aromatic rings. The topological polar surface area (TPSA) is 47.6 Å². The first-order valence-corrected chi connectivity index (χ1v) is 9.75. The smallest absolute Gasteiger partial charge is 0.256 e. The molecule has 0 bridgehead atoms. The second-order valence-electron chi connectivity index (χ2n) is 6.97. The lowest BCUT2D eigenvalue weighted by Gasteiger charge is -2.14. The number of carbonyl (C=O) groups excluding carboxylic acids is 1. The number of hydrogen-bond acceptors (Lipinski definition) is 3. The molecule has 3 aromatic carbocycles. The number of methoxy groups -OCH3 is 2. The lowest BCUT2D eigenvalue weighted by Crippen LogP contribution is -2.15. The van der Waals surface area contributed by atoms with Crippen LogP contribution in [0.4, 0.5) is 0 Å². The van der Waals surface area contributed by atoms with E-state index in [0.717, 1.165) is 33.5 Å². The van der Waals surface area contributed by atoms with Crippen molar-refractivity contribution in [2.45, 2.75) is 6.29 Å². The molecule has 0 aliphatic carbocycles. The van der Waals surface area contributed by atoms with Gasteiger partial charge in [-0.15, -0.1) is 0 Å². The molecule has 4 rings (SSSR count). The predicted molar refractivity (Wildman–Crippen MR) is 119 cm³/mol. The van der Waals surface area contributed by atoms with Crippen molar-refractivity contribution in [1.82, 2.24) is 5.32 Å². The van der Waals surface area contributed by atoms with E-state index in [1.165, 1.54) is 0 Å². The van der Waals surface area contributed by atoms with Crippen LogP contribution in [0.25, 0.3) is 17.2 Å². The average Bonchev–Trinajstić information content (AvgIpc) is 3.11. The summed E-state index contributed by atoms with van der Waals surface area (Å²) in [6.07, 6.45) is 1.55. The van der Waals surface area contributed by atoms with Gasteiger partial charge in [-0.3, -0.25) is 4.79 Å². The quantitative estimate of drug-likeness (QED) is 0.592. The molecule has 0 saturated carbocycles. The minimum absolute atomic E-state index is 0.103. The van der Waals surface area contributed by atoms with Gasteiger partial charge in [0.1, 0.15) is 0 Å². The Morgan fingerprint density at radius 1 is 0.767 bits per heavy atom. The molecular formula is C26H23NO3. The summed E-state index contributed by atoms with van der Waals surface area (Å²) in [6.45, 7) is 0. The molecular weight excluding hydrogens is 374 g/mol. The maximum Gasteiger partial charge on any atom is 0.256 e. The van der Waals surface area contributed by atoms with E-state index in [2.05, 4.69) is 5.32 Å². The Bertz CT molecular complexity index is 1100. The van der Waals surface area contributed by atoms with Gasteiger partial charge in [0.15, 0.2) is 6.29 Å². The summed E-state index contributed by atoms with van der Waals surface area (Å²) in [5.74, 6) is -0.103. The van der Waals surface area contributed by atoms with Gasteiger partial charge in [-0.25, -0.2) is 0 Å². The van der Waals surface area contributed by atoms with Crippen LogP contribution in [-0.2, 0) is 14.3 Å². The first-order chi connectivity index (χ1) is 14.7. The summed E-state index contributed by atoms with van der Waals surface area (Å²) in [4.78, 5) is 13.0. The Kier molecular flexibility index (Phi) is 5.89. The van der Waals surface area contributed by atoms with E-state index in [0.29, 0.717) is 5.57 Å². The van der Waals surface area contributed by atoms with Crippen LogP contribution in [0, 0.1) is 0 Å². The minimum atomic E-state index is -0.439. The van der Waals surface area contributed by atoms with Crippen molar-refractivity contribution in [3.63, 3.8) is 0 Å². The van der Waals surface area contributed by atoms with Gasteiger partial charge in [0.2, 0.25) is 0 Å². The van der Waals surface area contributed by atoms with Gasteiger partial charge >= 0.3 is 0 Å². The number of rotatable bonds is 6. The number of ether oxygens (including phenoxy) is 2. The summed E-state index contributed by atoms with van der Waals surface area (Å²) in [5.41, 5.74) is 6.09. The number of nitrogens with one attached hydrogen (secondary N) is 1. The molecule has 0 atom stereocenters. The highest BCUT2D eigenvalue weighted by Crippen LogP contribution is 2.37. The maximum atomic E-state index is 13.0. The van der Waals surface area contributed by atoms with Crippen molar-refractivity contribution < 1.29 is 14.3 Å². The van der Waals surface area contributed by atoms with E-state index in [1.807, 2.05) is 91.0 Å². The molecule has 0 saturated heterocycles. The number of hydrogen-bond donors (Lipinski definition) is 1. The molecule has 0 fully saturated rings. The zero-order chi connectivity index (χ0) is 20.9. The molecule has 0 unspecified atom stereocenters. The molecule has 30 heavy (non-hydrogen) atoms. The molecule has 1 aliphatic heterocycles. The number of amides is 1. The molecule has 4 heteroatoms. The van der Waals surface area contributed by atoms with E-state index in [-0.39, 0.29) is 5.91 Å². The van der Waals surface area contributed by atoms with Crippen LogP contribution in [0.3, 0.4) is 0 Å². The van der Waals surface area contributed by atoms with Crippen LogP contribution in [0.2, 0.25) is 0 Å². The molecule has 0 aromatic heterocycles. The summed E-state index contributed by atoms with van der Waals surface area (Å²) in [6, 6.07) is 27.6. The lowest BCUT2D eigenvalue weighted by molar-refractivity contribution is -0.114. The van der Waals surface area contributed by atoms with Gasteiger partial charge in [0.05, 0.1) is 11.3 Å². The van der Waals surface area contributed by atoms with Crippen molar-refractivity contribution in [3.05, 3.63) is 113 Å². The van der Waals surface area contributed by atoms with Crippen molar-refractivity contribution in [3.8, 4) is 0 Å². The van der Waals surface area contributed by atoms with E-state index in [9.17, 15) is 4.79 Å². The largest absolute Gasteiger partial charge is 0.352 e. The monoisotopic (exact) mass is 397 g/mol. The third-order valence-corrected chi connectivity index (χ3v) is 5.04. The van der Waals surface area contributed by atoms with Gasteiger partial charge in [-0.1, -0.05) is 78.9 Å². The molecule has 1 heterocycles. The minimum Gasteiger partial charge on any atom is -0.352 e. The Balaban J connectivity index is 1.85. The number of benzene rings is 3. The van der Waals surface area contributed by atoms with E-state index < -0.39 is 6.29 Å². The Hall–Kier alpha value is -3.47. The molecule has 1 N–H and O–H groups in total. The second-order valence-corrected chi connectivity index (χ2v) is 6.97. The fourth-order valence-corrected chi connectivity index (χ4v) is 3.72. The maximum absolute atomic E-state index is 13.0. The van der Waals surface area contributed by atoms with Gasteiger partial charge in [0.25, 0.3) is 5.91 Å². The zero-order valence-electron chi connectivity index (χ0n) is 17.0. The van der Waals surface area contributed by atoms with E-state index >= 15 is 0 Å². The van der Waals surface area contributed by atoms with Crippen molar-refractivity contribution in [1.29, 1.82) is 0 Å². The highest BCUT2D eigenvalue weighted by atomic mass is 16.7. The van der Waals surface area contributed by atoms with Gasteiger partial charge in [-0.05, 0) is 28.8 Å². The Labute approximate surface area is 176 Å². The second kappa shape index (κ2) is 8.91. The zero-order valence-corrected chi connectivity index (χ0v) is 17.0. The fourth-order valence-electron chi connectivity index (χ4n) is 3.72. The standard InChI is InChI=1S/C26H23NO3/c1-29-26(30-2)21-15-9-10-18(16-21)17-22-23(19-11-5-3-6-12-19)24(25(28)27-22)20-13-7-4-8-14-20/h3-17,26H,1-2H3,(H,27,28)/b22-17-. The van der Waals surface area contributed by atoms with E-state index in [1.54, 1.807) is 14.2 Å². The fraction of sp³-hybridized carbons (Fsp3) is 0.115. The van der Waals surface area contributed by atoms with Crippen molar-refractivity contribution in [2.24, 2.45) is 0 Å². The Morgan fingerprint density at radius 2 is 1.37 bits per heavy atom. The molecule has 0 spiro atoms. The molecule has 1 aliphatic rings. The van der Waals surface area contributed by atoms with Crippen LogP contribution < -0.4 is 5.32 Å². The van der Waals surface area contributed by atoms with Gasteiger partial charge in [-0.2, -0.15) is 0 Å². The highest BCUT2D eigenvalue weighted by Gasteiger charge is 2.29. The third-order valence-electron chi connectivity index (χ3n) is 5.04. The summed E-state index contributed by atoms with van der Waals surface area (Å²) < 4.78 is 10.7. The molecule has 1 amide bonds. The summed E-state index contributed by atoms with van der Waals surface area (Å²) in [7, 11) is 3.22. The van der Waals surface area contributed by atoms with Gasteiger partial charge in [0, 0.05) is 25.4 Å². The van der Waals surface area contributed by atoms with Crippen LogP contribution in [0.1, 0.15) is 28.5 Å². The number of carbonyl (C=O) groups is 1. The van der Waals surface area contributed by atoms with Crippen LogP contribution in [0.15, 0.2) is 90.6 Å². The SMILES string of the molecule is COC(OC)c1cccc(/C=C2\NC(=O)C(c3ccccc3)=C2c2ccccc2)c1. The Morgan fingerprint density at radius 3 is 1.97 bits per heavy atom.